The van der Waals surface area contributed by atoms with E-state index < -0.39 is 34.1 Å². The van der Waals surface area contributed by atoms with Gasteiger partial charge in [-0.3, -0.25) is 14.5 Å². The van der Waals surface area contributed by atoms with Crippen molar-refractivity contribution in [3.8, 4) is 0 Å². The van der Waals surface area contributed by atoms with Crippen molar-refractivity contribution in [2.24, 2.45) is 5.92 Å². The number of benzene rings is 3. The first-order valence-corrected chi connectivity index (χ1v) is 13.2. The predicted molar refractivity (Wildman–Crippen MR) is 151 cm³/mol. The number of alkyl halides is 2. The number of fused-ring (bicyclic) bond motifs is 1. The van der Waals surface area contributed by atoms with Gasteiger partial charge in [-0.1, -0.05) is 34.8 Å². The van der Waals surface area contributed by atoms with Crippen molar-refractivity contribution >= 4 is 93.0 Å². The number of amides is 3. The van der Waals surface area contributed by atoms with Crippen LogP contribution < -0.4 is 15.5 Å². The Bertz CT molecular complexity index is 1480. The van der Waals surface area contributed by atoms with Crippen molar-refractivity contribution in [3.63, 3.8) is 0 Å². The molecule has 3 aromatic carbocycles. The molecule has 1 fully saturated rings. The van der Waals surface area contributed by atoms with Crippen molar-refractivity contribution in [2.75, 3.05) is 22.1 Å². The Morgan fingerprint density at radius 2 is 1.55 bits per heavy atom. The van der Waals surface area contributed by atoms with E-state index >= 15 is 0 Å². The van der Waals surface area contributed by atoms with Crippen LogP contribution in [0.1, 0.15) is 27.4 Å². The lowest BCUT2D eigenvalue weighted by molar-refractivity contribution is -0.117. The first-order valence-electron chi connectivity index (χ1n) is 11.3. The summed E-state index contributed by atoms with van der Waals surface area (Å²) in [7, 11) is 0. The van der Waals surface area contributed by atoms with Crippen LogP contribution in [-0.4, -0.2) is 33.9 Å². The fraction of sp³-hybridized carbons (Fsp3) is 0.192. The normalized spacial score (nSPS) is 19.0. The summed E-state index contributed by atoms with van der Waals surface area (Å²) < 4.78 is -1.35. The maximum Gasteiger partial charge on any atom is 0.411 e. The topological polar surface area (TPSA) is 98.7 Å². The highest BCUT2D eigenvalue weighted by Crippen LogP contribution is 2.65. The fourth-order valence-corrected chi connectivity index (χ4v) is 6.27. The van der Waals surface area contributed by atoms with Crippen molar-refractivity contribution in [3.05, 3.63) is 86.4 Å². The lowest BCUT2D eigenvalue weighted by Crippen LogP contribution is -2.26. The molecule has 12 heteroatoms. The second kappa shape index (κ2) is 10.1. The van der Waals surface area contributed by atoms with Gasteiger partial charge < -0.3 is 15.7 Å². The molecule has 1 aliphatic heterocycles. The van der Waals surface area contributed by atoms with Gasteiger partial charge in [0.2, 0.25) is 5.91 Å². The van der Waals surface area contributed by atoms with Gasteiger partial charge in [0, 0.05) is 33.9 Å². The molecular weight excluding hydrogens is 596 g/mol. The first kappa shape index (κ1) is 26.9. The van der Waals surface area contributed by atoms with E-state index in [4.69, 9.17) is 58.0 Å². The minimum atomic E-state index is -1.35. The predicted octanol–water partition coefficient (Wildman–Crippen LogP) is 7.47. The maximum absolute atomic E-state index is 13.1. The number of nitrogens with zero attached hydrogens (tertiary/aromatic N) is 1. The monoisotopic (exact) mass is 611 g/mol. The van der Waals surface area contributed by atoms with Crippen LogP contribution in [0.4, 0.5) is 21.9 Å². The smallest absolute Gasteiger partial charge is 0.411 e. The highest BCUT2D eigenvalue weighted by molar-refractivity contribution is 6.53. The number of nitrogens with one attached hydrogen (secondary N) is 2. The summed E-state index contributed by atoms with van der Waals surface area (Å²) in [4.78, 5) is 38.7. The molecule has 2 aliphatic rings. The molecule has 38 heavy (non-hydrogen) atoms. The van der Waals surface area contributed by atoms with Gasteiger partial charge in [-0.15, -0.1) is 23.2 Å². The van der Waals surface area contributed by atoms with Crippen molar-refractivity contribution in [1.82, 2.24) is 0 Å². The first-order chi connectivity index (χ1) is 18.0. The van der Waals surface area contributed by atoms with Gasteiger partial charge in [0.25, 0.3) is 5.91 Å². The second-order valence-electron chi connectivity index (χ2n) is 9.00. The van der Waals surface area contributed by atoms with Gasteiger partial charge in [0.05, 0.1) is 22.2 Å². The summed E-state index contributed by atoms with van der Waals surface area (Å²) in [6.45, 7) is 0.355. The van der Waals surface area contributed by atoms with E-state index in [1.165, 1.54) is 17.0 Å². The summed E-state index contributed by atoms with van der Waals surface area (Å²) in [6, 6.07) is 14.4. The van der Waals surface area contributed by atoms with Crippen LogP contribution in [0.5, 0.6) is 0 Å². The molecule has 7 nitrogen and oxygen atoms in total. The molecule has 196 valence electrons. The Balaban J connectivity index is 1.30. The molecule has 5 rings (SSSR count). The van der Waals surface area contributed by atoms with Crippen molar-refractivity contribution in [1.29, 1.82) is 0 Å². The van der Waals surface area contributed by atoms with E-state index in [1.54, 1.807) is 42.5 Å². The molecule has 0 aromatic heterocycles. The van der Waals surface area contributed by atoms with Gasteiger partial charge >= 0.3 is 6.09 Å². The number of carboxylic acid groups (broad SMARTS) is 1. The zero-order chi connectivity index (χ0) is 27.4. The number of carbonyl (C=O) groups is 3. The minimum absolute atomic E-state index is 0.133. The standard InChI is InChI=1S/C26H18Cl5N3O4/c27-14-7-13(8-15(28)10-14)21-22(26(21,30)31)24(36)33-17-1-3-19(29)18(11-17)23(35)32-16-2-4-20-12(9-16)5-6-34(20)25(37)38/h1-4,7-11,21-22H,5-6H2,(H,32,35)(H,33,36)(H,37,38). The quantitative estimate of drug-likeness (QED) is 0.260. The molecule has 0 bridgehead atoms. The third-order valence-electron chi connectivity index (χ3n) is 6.52. The Labute approximate surface area is 242 Å². The van der Waals surface area contributed by atoms with Gasteiger partial charge in [-0.2, -0.15) is 0 Å². The molecule has 0 spiro atoms. The van der Waals surface area contributed by atoms with E-state index in [0.29, 0.717) is 45.6 Å². The third kappa shape index (κ3) is 5.14. The average molecular weight is 614 g/mol. The SMILES string of the molecule is O=C(Nc1ccc2c(c1)CCN2C(=O)O)c1cc(NC(=O)C2C(c3cc(Cl)cc(Cl)c3)C2(Cl)Cl)ccc1Cl. The molecule has 0 radical (unpaired) electrons. The number of carbonyl (C=O) groups excluding carboxylic acids is 2. The summed E-state index contributed by atoms with van der Waals surface area (Å²) in [5, 5.41) is 15.8. The Hall–Kier alpha value is -2.68. The highest BCUT2D eigenvalue weighted by atomic mass is 35.5. The molecule has 3 amide bonds. The Morgan fingerprint density at radius 3 is 2.24 bits per heavy atom. The number of hydrogen-bond acceptors (Lipinski definition) is 3. The highest BCUT2D eigenvalue weighted by Gasteiger charge is 2.67. The van der Waals surface area contributed by atoms with E-state index in [-0.39, 0.29) is 10.6 Å². The van der Waals surface area contributed by atoms with Crippen LogP contribution >= 0.6 is 58.0 Å². The summed E-state index contributed by atoms with van der Waals surface area (Å²) in [6.07, 6.45) is -0.486. The zero-order valence-corrected chi connectivity index (χ0v) is 23.1. The fourth-order valence-electron chi connectivity index (χ4n) is 4.70. The lowest BCUT2D eigenvalue weighted by Gasteiger charge is -2.14. The van der Waals surface area contributed by atoms with E-state index in [0.717, 1.165) is 5.56 Å². The molecule has 3 N–H and O–H groups in total. The van der Waals surface area contributed by atoms with Gasteiger partial charge in [-0.05, 0) is 72.1 Å². The number of halogens is 5. The maximum atomic E-state index is 13.1. The van der Waals surface area contributed by atoms with Crippen LogP contribution in [0.15, 0.2) is 54.6 Å². The van der Waals surface area contributed by atoms with Crippen LogP contribution in [0.3, 0.4) is 0 Å². The van der Waals surface area contributed by atoms with Crippen LogP contribution in [-0.2, 0) is 11.2 Å². The largest absolute Gasteiger partial charge is 0.465 e. The second-order valence-corrected chi connectivity index (χ2v) is 11.7. The Kier molecular flexibility index (Phi) is 7.18. The molecule has 2 unspecified atom stereocenters. The molecule has 2 atom stereocenters. The average Bonchev–Trinajstić information content (AvgIpc) is 3.18. The molecule has 0 saturated heterocycles. The Morgan fingerprint density at radius 1 is 0.895 bits per heavy atom. The van der Waals surface area contributed by atoms with Gasteiger partial charge in [0.1, 0.15) is 4.33 Å². The molecule has 1 aliphatic carbocycles. The van der Waals surface area contributed by atoms with Crippen molar-refractivity contribution in [2.45, 2.75) is 16.7 Å². The summed E-state index contributed by atoms with van der Waals surface area (Å²) in [5.41, 5.74) is 2.99. The molecular formula is C26H18Cl5N3O4. The van der Waals surface area contributed by atoms with Crippen LogP contribution in [0.2, 0.25) is 15.1 Å². The van der Waals surface area contributed by atoms with Gasteiger partial charge in [-0.25, -0.2) is 4.79 Å². The van der Waals surface area contributed by atoms with Gasteiger partial charge in [0.15, 0.2) is 0 Å². The van der Waals surface area contributed by atoms with Crippen LogP contribution in [0.25, 0.3) is 0 Å². The molecule has 1 heterocycles. The van der Waals surface area contributed by atoms with E-state index in [1.807, 2.05) is 0 Å². The lowest BCUT2D eigenvalue weighted by atomic mass is 10.1. The molecule has 1 saturated carbocycles. The number of anilines is 3. The summed E-state index contributed by atoms with van der Waals surface area (Å²) in [5.74, 6) is -2.23. The minimum Gasteiger partial charge on any atom is -0.465 e. The third-order valence-corrected chi connectivity index (χ3v) is 8.23. The van der Waals surface area contributed by atoms with Crippen LogP contribution in [0, 0.1) is 5.92 Å². The van der Waals surface area contributed by atoms with Crippen molar-refractivity contribution < 1.29 is 19.5 Å². The zero-order valence-electron chi connectivity index (χ0n) is 19.3. The summed E-state index contributed by atoms with van der Waals surface area (Å²) >= 11 is 31.3. The number of hydrogen-bond donors (Lipinski definition) is 3. The van der Waals surface area contributed by atoms with E-state index in [9.17, 15) is 19.5 Å². The number of rotatable bonds is 5. The van der Waals surface area contributed by atoms with E-state index in [2.05, 4.69) is 10.6 Å². The molecule has 3 aromatic rings.